The predicted octanol–water partition coefficient (Wildman–Crippen LogP) is 2.29. The van der Waals surface area contributed by atoms with Crippen molar-refractivity contribution in [1.82, 2.24) is 4.98 Å². The molecule has 5 heteroatoms. The molecule has 1 aromatic carbocycles. The third kappa shape index (κ3) is 1.59. The maximum Gasteiger partial charge on any atom is 0.354 e. The van der Waals surface area contributed by atoms with Crippen LogP contribution in [0.5, 0.6) is 5.75 Å². The molecule has 0 aliphatic heterocycles. The standard InChI is InChI=1S/C10H6ClNO3/c11-9-5-2-1-3-8(13)6(5)4-7(12-9)10(14)15/h1-4,13H,(H,14,15). The van der Waals surface area contributed by atoms with Crippen molar-refractivity contribution in [3.8, 4) is 5.75 Å². The second-order valence-corrected chi connectivity index (χ2v) is 3.33. The number of hydrogen-bond acceptors (Lipinski definition) is 3. The average Bonchev–Trinajstić information content (AvgIpc) is 2.19. The molecule has 0 saturated carbocycles. The third-order valence-corrected chi connectivity index (χ3v) is 2.31. The zero-order valence-corrected chi connectivity index (χ0v) is 8.19. The number of phenolic OH excluding ortho intramolecular Hbond substituents is 1. The van der Waals surface area contributed by atoms with Gasteiger partial charge in [-0.15, -0.1) is 0 Å². The molecule has 0 atom stereocenters. The number of carboxylic acid groups (broad SMARTS) is 1. The minimum Gasteiger partial charge on any atom is -0.507 e. The normalized spacial score (nSPS) is 10.5. The van der Waals surface area contributed by atoms with E-state index in [1.807, 2.05) is 0 Å². The van der Waals surface area contributed by atoms with Crippen molar-refractivity contribution in [3.05, 3.63) is 35.1 Å². The molecule has 0 radical (unpaired) electrons. The largest absolute Gasteiger partial charge is 0.507 e. The van der Waals surface area contributed by atoms with Crippen molar-refractivity contribution in [2.45, 2.75) is 0 Å². The van der Waals surface area contributed by atoms with Crippen LogP contribution in [0.25, 0.3) is 10.8 Å². The molecule has 0 bridgehead atoms. The lowest BCUT2D eigenvalue weighted by atomic mass is 10.1. The summed E-state index contributed by atoms with van der Waals surface area (Å²) in [6.45, 7) is 0. The van der Waals surface area contributed by atoms with Gasteiger partial charge in [-0.2, -0.15) is 0 Å². The van der Waals surface area contributed by atoms with E-state index in [9.17, 15) is 9.90 Å². The molecule has 0 saturated heterocycles. The van der Waals surface area contributed by atoms with Crippen molar-refractivity contribution in [2.24, 2.45) is 0 Å². The molecule has 0 spiro atoms. The van der Waals surface area contributed by atoms with Crippen molar-refractivity contribution in [2.75, 3.05) is 0 Å². The van der Waals surface area contributed by atoms with E-state index in [1.165, 1.54) is 12.1 Å². The number of aromatic carboxylic acids is 1. The second-order valence-electron chi connectivity index (χ2n) is 2.98. The van der Waals surface area contributed by atoms with Gasteiger partial charge >= 0.3 is 5.97 Å². The molecule has 2 N–H and O–H groups in total. The second kappa shape index (κ2) is 3.40. The number of nitrogens with zero attached hydrogens (tertiary/aromatic N) is 1. The fourth-order valence-electron chi connectivity index (χ4n) is 1.33. The monoisotopic (exact) mass is 223 g/mol. The molecule has 4 nitrogen and oxygen atoms in total. The number of carbonyl (C=O) groups is 1. The Labute approximate surface area is 89.8 Å². The number of pyridine rings is 1. The van der Waals surface area contributed by atoms with Gasteiger partial charge in [0, 0.05) is 10.8 Å². The van der Waals surface area contributed by atoms with Gasteiger partial charge in [-0.25, -0.2) is 9.78 Å². The Morgan fingerprint density at radius 2 is 2.07 bits per heavy atom. The van der Waals surface area contributed by atoms with E-state index in [4.69, 9.17) is 16.7 Å². The Morgan fingerprint density at radius 1 is 1.33 bits per heavy atom. The van der Waals surface area contributed by atoms with Crippen molar-refractivity contribution >= 4 is 28.3 Å². The molecule has 0 aliphatic rings. The van der Waals surface area contributed by atoms with Crippen molar-refractivity contribution in [3.63, 3.8) is 0 Å². The van der Waals surface area contributed by atoms with Gasteiger partial charge in [-0.05, 0) is 12.1 Å². The summed E-state index contributed by atoms with van der Waals surface area (Å²) in [5.41, 5.74) is -0.186. The fourth-order valence-corrected chi connectivity index (χ4v) is 1.58. The van der Waals surface area contributed by atoms with E-state index in [0.29, 0.717) is 10.8 Å². The maximum absolute atomic E-state index is 10.7. The molecule has 76 valence electrons. The summed E-state index contributed by atoms with van der Waals surface area (Å²) in [5.74, 6) is -1.19. The molecular weight excluding hydrogens is 218 g/mol. The Morgan fingerprint density at radius 3 is 2.73 bits per heavy atom. The highest BCUT2D eigenvalue weighted by atomic mass is 35.5. The Bertz CT molecular complexity index is 554. The highest BCUT2D eigenvalue weighted by Crippen LogP contribution is 2.29. The molecule has 0 aliphatic carbocycles. The lowest BCUT2D eigenvalue weighted by molar-refractivity contribution is 0.0691. The van der Waals surface area contributed by atoms with E-state index in [-0.39, 0.29) is 16.6 Å². The first-order valence-electron chi connectivity index (χ1n) is 4.11. The highest BCUT2D eigenvalue weighted by molar-refractivity contribution is 6.34. The van der Waals surface area contributed by atoms with E-state index >= 15 is 0 Å². The molecule has 2 rings (SSSR count). The zero-order valence-electron chi connectivity index (χ0n) is 7.44. The SMILES string of the molecule is O=C(O)c1cc2c(O)cccc2c(Cl)n1. The van der Waals surface area contributed by atoms with E-state index in [0.717, 1.165) is 0 Å². The number of carboxylic acids is 1. The van der Waals surface area contributed by atoms with Crippen LogP contribution >= 0.6 is 11.6 Å². The van der Waals surface area contributed by atoms with E-state index in [2.05, 4.69) is 4.98 Å². The summed E-state index contributed by atoms with van der Waals surface area (Å²) < 4.78 is 0. The molecule has 0 unspecified atom stereocenters. The number of benzene rings is 1. The average molecular weight is 224 g/mol. The first-order chi connectivity index (χ1) is 7.09. The van der Waals surface area contributed by atoms with E-state index < -0.39 is 5.97 Å². The van der Waals surface area contributed by atoms with Crippen LogP contribution in [0.2, 0.25) is 5.15 Å². The Balaban J connectivity index is 2.85. The van der Waals surface area contributed by atoms with Gasteiger partial charge < -0.3 is 10.2 Å². The van der Waals surface area contributed by atoms with E-state index in [1.54, 1.807) is 12.1 Å². The van der Waals surface area contributed by atoms with Crippen LogP contribution in [-0.2, 0) is 0 Å². The first kappa shape index (κ1) is 9.73. The first-order valence-corrected chi connectivity index (χ1v) is 4.49. The maximum atomic E-state index is 10.7. The molecule has 0 fully saturated rings. The lowest BCUT2D eigenvalue weighted by Gasteiger charge is -2.03. The summed E-state index contributed by atoms with van der Waals surface area (Å²) in [5, 5.41) is 19.3. The Kier molecular flexibility index (Phi) is 2.21. The number of rotatable bonds is 1. The summed E-state index contributed by atoms with van der Waals surface area (Å²) in [6, 6.07) is 6.03. The number of phenols is 1. The molecule has 1 aromatic heterocycles. The smallest absolute Gasteiger partial charge is 0.354 e. The topological polar surface area (TPSA) is 70.4 Å². The molecule has 0 amide bonds. The summed E-state index contributed by atoms with van der Waals surface area (Å²) >= 11 is 5.79. The van der Waals surface area contributed by atoms with Crippen LogP contribution in [-0.4, -0.2) is 21.2 Å². The molecule has 15 heavy (non-hydrogen) atoms. The van der Waals surface area contributed by atoms with Gasteiger partial charge in [-0.1, -0.05) is 23.7 Å². The van der Waals surface area contributed by atoms with Gasteiger partial charge in [0.15, 0.2) is 5.69 Å². The summed E-state index contributed by atoms with van der Waals surface area (Å²) in [4.78, 5) is 14.4. The number of halogens is 1. The van der Waals surface area contributed by atoms with Crippen LogP contribution in [0.1, 0.15) is 10.5 Å². The van der Waals surface area contributed by atoms with Gasteiger partial charge in [0.25, 0.3) is 0 Å². The minimum absolute atomic E-state index is 0.0145. The van der Waals surface area contributed by atoms with Crippen molar-refractivity contribution in [1.29, 1.82) is 0 Å². The Hall–Kier alpha value is -1.81. The molecule has 1 heterocycles. The summed E-state index contributed by atoms with van der Waals surface area (Å²) in [7, 11) is 0. The highest BCUT2D eigenvalue weighted by Gasteiger charge is 2.11. The quantitative estimate of drug-likeness (QED) is 0.728. The minimum atomic E-state index is -1.18. The predicted molar refractivity (Wildman–Crippen MR) is 55.4 cm³/mol. The number of aromatic nitrogens is 1. The van der Waals surface area contributed by atoms with Gasteiger partial charge in [0.05, 0.1) is 0 Å². The number of fused-ring (bicyclic) bond motifs is 1. The van der Waals surface area contributed by atoms with Crippen LogP contribution < -0.4 is 0 Å². The van der Waals surface area contributed by atoms with Gasteiger partial charge in [0.1, 0.15) is 10.9 Å². The number of hydrogen-bond donors (Lipinski definition) is 2. The molecular formula is C10H6ClNO3. The van der Waals surface area contributed by atoms with Crippen LogP contribution in [0.4, 0.5) is 0 Å². The van der Waals surface area contributed by atoms with Gasteiger partial charge in [0.2, 0.25) is 0 Å². The van der Waals surface area contributed by atoms with Gasteiger partial charge in [-0.3, -0.25) is 0 Å². The fraction of sp³-hybridized carbons (Fsp3) is 0. The number of aromatic hydroxyl groups is 1. The zero-order chi connectivity index (χ0) is 11.0. The lowest BCUT2D eigenvalue weighted by Crippen LogP contribution is -2.00. The van der Waals surface area contributed by atoms with Crippen LogP contribution in [0.15, 0.2) is 24.3 Å². The third-order valence-electron chi connectivity index (χ3n) is 2.02. The van der Waals surface area contributed by atoms with Crippen LogP contribution in [0, 0.1) is 0 Å². The molecule has 2 aromatic rings. The van der Waals surface area contributed by atoms with Crippen molar-refractivity contribution < 1.29 is 15.0 Å². The summed E-state index contributed by atoms with van der Waals surface area (Å²) in [6.07, 6.45) is 0. The van der Waals surface area contributed by atoms with Crippen LogP contribution in [0.3, 0.4) is 0 Å².